The van der Waals surface area contributed by atoms with Crippen LogP contribution in [0.25, 0.3) is 10.8 Å². The van der Waals surface area contributed by atoms with Crippen LogP contribution in [0.4, 0.5) is 0 Å². The molecular weight excluding hydrogens is 359 g/mol. The summed E-state index contributed by atoms with van der Waals surface area (Å²) in [5.74, 6) is 0.464. The van der Waals surface area contributed by atoms with Gasteiger partial charge in [0.2, 0.25) is 0 Å². The van der Waals surface area contributed by atoms with Crippen molar-refractivity contribution < 1.29 is 9.53 Å². The predicted octanol–water partition coefficient (Wildman–Crippen LogP) is 4.34. The number of pyridine rings is 1. The molecule has 0 saturated carbocycles. The molecule has 0 aliphatic carbocycles. The Morgan fingerprint density at radius 2 is 1.88 bits per heavy atom. The number of benzene rings is 2. The number of methoxy groups -OCH3 is 1. The second-order valence-corrected chi connectivity index (χ2v) is 5.48. The van der Waals surface area contributed by atoms with Crippen LogP contribution in [0.2, 0.25) is 0 Å². The zero-order chi connectivity index (χ0) is 16.4. The number of ether oxygens (including phenoxy) is 1. The van der Waals surface area contributed by atoms with E-state index in [9.17, 15) is 4.79 Å². The van der Waals surface area contributed by atoms with Gasteiger partial charge in [-0.2, -0.15) is 0 Å². The van der Waals surface area contributed by atoms with Gasteiger partial charge in [-0.05, 0) is 36.1 Å². The van der Waals surface area contributed by atoms with Crippen molar-refractivity contribution in [2.24, 2.45) is 5.73 Å². The number of carbonyl (C=O) groups is 1. The van der Waals surface area contributed by atoms with E-state index < -0.39 is 0 Å². The van der Waals surface area contributed by atoms with Crippen LogP contribution in [0.3, 0.4) is 0 Å². The van der Waals surface area contributed by atoms with Crippen molar-refractivity contribution in [3.8, 4) is 5.75 Å². The van der Waals surface area contributed by atoms with Crippen molar-refractivity contribution >= 4 is 41.4 Å². The first-order chi connectivity index (χ1) is 11.1. The van der Waals surface area contributed by atoms with Gasteiger partial charge in [-0.3, -0.25) is 9.78 Å². The Kier molecular flexibility index (Phi) is 7.37. The standard InChI is InChI=1S/C19H18N2O2.2ClH/c1-12(20)13-6-7-17(18(10-13)23-2)19(22)16-5-3-4-14-11-21-9-8-15(14)16;;/h3-12H,20H2,1-2H3;2*1H/t12-;;/m0../s1. The molecule has 1 aromatic heterocycles. The number of fused-ring (bicyclic) bond motifs is 1. The normalized spacial score (nSPS) is 11.2. The summed E-state index contributed by atoms with van der Waals surface area (Å²) < 4.78 is 5.40. The fourth-order valence-electron chi connectivity index (χ4n) is 2.64. The van der Waals surface area contributed by atoms with Crippen LogP contribution in [-0.4, -0.2) is 17.9 Å². The van der Waals surface area contributed by atoms with E-state index in [1.807, 2.05) is 43.3 Å². The van der Waals surface area contributed by atoms with Gasteiger partial charge in [0, 0.05) is 29.4 Å². The number of nitrogens with two attached hydrogens (primary N) is 1. The van der Waals surface area contributed by atoms with Crippen molar-refractivity contribution in [1.29, 1.82) is 0 Å². The van der Waals surface area contributed by atoms with E-state index in [2.05, 4.69) is 4.98 Å². The first-order valence-corrected chi connectivity index (χ1v) is 7.42. The average molecular weight is 379 g/mol. The highest BCUT2D eigenvalue weighted by Gasteiger charge is 2.17. The highest BCUT2D eigenvalue weighted by Crippen LogP contribution is 2.28. The Hall–Kier alpha value is -2.14. The molecule has 2 aromatic carbocycles. The van der Waals surface area contributed by atoms with Crippen LogP contribution < -0.4 is 10.5 Å². The zero-order valence-corrected chi connectivity index (χ0v) is 15.6. The molecule has 1 heterocycles. The fourth-order valence-corrected chi connectivity index (χ4v) is 2.64. The molecule has 0 saturated heterocycles. The lowest BCUT2D eigenvalue weighted by atomic mass is 9.96. The van der Waals surface area contributed by atoms with Gasteiger partial charge >= 0.3 is 0 Å². The third kappa shape index (κ3) is 4.10. The van der Waals surface area contributed by atoms with Crippen molar-refractivity contribution in [3.63, 3.8) is 0 Å². The molecule has 6 heteroatoms. The summed E-state index contributed by atoms with van der Waals surface area (Å²) in [6, 6.07) is 12.8. The molecule has 0 aliphatic rings. The van der Waals surface area contributed by atoms with Crippen LogP contribution in [-0.2, 0) is 0 Å². The number of rotatable bonds is 4. The molecule has 1 atom stereocenters. The number of nitrogens with zero attached hydrogens (tertiary/aromatic N) is 1. The minimum Gasteiger partial charge on any atom is -0.496 e. The summed E-state index contributed by atoms with van der Waals surface area (Å²) >= 11 is 0. The van der Waals surface area contributed by atoms with Gasteiger partial charge in [0.15, 0.2) is 5.78 Å². The first kappa shape index (κ1) is 20.9. The number of aromatic nitrogens is 1. The van der Waals surface area contributed by atoms with Crippen LogP contribution >= 0.6 is 24.8 Å². The molecular formula is C19H20Cl2N2O2. The lowest BCUT2D eigenvalue weighted by Gasteiger charge is -2.13. The molecule has 0 bridgehead atoms. The molecule has 0 aliphatic heterocycles. The summed E-state index contributed by atoms with van der Waals surface area (Å²) in [6.45, 7) is 1.90. The van der Waals surface area contributed by atoms with Gasteiger partial charge in [0.25, 0.3) is 0 Å². The van der Waals surface area contributed by atoms with Crippen molar-refractivity contribution in [2.45, 2.75) is 13.0 Å². The van der Waals surface area contributed by atoms with E-state index in [1.165, 1.54) is 0 Å². The lowest BCUT2D eigenvalue weighted by Crippen LogP contribution is -2.08. The van der Waals surface area contributed by atoms with Gasteiger partial charge in [-0.25, -0.2) is 0 Å². The van der Waals surface area contributed by atoms with Crippen LogP contribution in [0.1, 0.15) is 34.5 Å². The Morgan fingerprint density at radius 3 is 2.56 bits per heavy atom. The largest absolute Gasteiger partial charge is 0.496 e. The third-order valence-electron chi connectivity index (χ3n) is 3.92. The smallest absolute Gasteiger partial charge is 0.197 e. The summed E-state index contributed by atoms with van der Waals surface area (Å²) in [6.07, 6.45) is 3.44. The average Bonchev–Trinajstić information content (AvgIpc) is 2.60. The minimum atomic E-state index is -0.114. The molecule has 0 radical (unpaired) electrons. The SMILES string of the molecule is COc1cc([C@H](C)N)ccc1C(=O)c1cccc2cnccc12.Cl.Cl. The Balaban J connectivity index is 0.00000156. The van der Waals surface area contributed by atoms with Crippen molar-refractivity contribution in [3.05, 3.63) is 71.5 Å². The van der Waals surface area contributed by atoms with Gasteiger partial charge in [-0.15, -0.1) is 24.8 Å². The molecule has 3 aromatic rings. The van der Waals surface area contributed by atoms with Crippen molar-refractivity contribution in [1.82, 2.24) is 4.98 Å². The summed E-state index contributed by atoms with van der Waals surface area (Å²) in [4.78, 5) is 17.1. The summed E-state index contributed by atoms with van der Waals surface area (Å²) in [5, 5.41) is 1.82. The molecule has 0 fully saturated rings. The monoisotopic (exact) mass is 378 g/mol. The zero-order valence-electron chi connectivity index (χ0n) is 13.9. The maximum absolute atomic E-state index is 13.0. The molecule has 0 unspecified atom stereocenters. The molecule has 132 valence electrons. The van der Waals surface area contributed by atoms with Gasteiger partial charge in [-0.1, -0.05) is 24.3 Å². The highest BCUT2D eigenvalue weighted by molar-refractivity contribution is 6.17. The van der Waals surface area contributed by atoms with Crippen LogP contribution in [0, 0.1) is 0 Å². The first-order valence-electron chi connectivity index (χ1n) is 7.42. The second kappa shape index (κ2) is 8.81. The number of hydrogen-bond donors (Lipinski definition) is 1. The summed E-state index contributed by atoms with van der Waals surface area (Å²) in [5.41, 5.74) is 8.00. The minimum absolute atomic E-state index is 0. The van der Waals surface area contributed by atoms with E-state index in [1.54, 1.807) is 25.6 Å². The van der Waals surface area contributed by atoms with Gasteiger partial charge < -0.3 is 10.5 Å². The van der Waals surface area contributed by atoms with E-state index in [4.69, 9.17) is 10.5 Å². The lowest BCUT2D eigenvalue weighted by molar-refractivity contribution is 0.103. The summed E-state index contributed by atoms with van der Waals surface area (Å²) in [7, 11) is 1.56. The Bertz CT molecular complexity index is 877. The maximum atomic E-state index is 13.0. The molecule has 0 amide bonds. The van der Waals surface area contributed by atoms with E-state index in [0.29, 0.717) is 16.9 Å². The number of hydrogen-bond acceptors (Lipinski definition) is 4. The Labute approximate surface area is 159 Å². The van der Waals surface area contributed by atoms with Crippen LogP contribution in [0.5, 0.6) is 5.75 Å². The van der Waals surface area contributed by atoms with Gasteiger partial charge in [0.1, 0.15) is 5.75 Å². The second-order valence-electron chi connectivity index (χ2n) is 5.48. The fraction of sp³-hybridized carbons (Fsp3) is 0.158. The van der Waals surface area contributed by atoms with E-state index in [0.717, 1.165) is 16.3 Å². The quantitative estimate of drug-likeness (QED) is 0.685. The number of carbonyl (C=O) groups excluding carboxylic acids is 1. The molecule has 2 N–H and O–H groups in total. The third-order valence-corrected chi connectivity index (χ3v) is 3.92. The Morgan fingerprint density at radius 1 is 1.12 bits per heavy atom. The molecule has 4 nitrogen and oxygen atoms in total. The van der Waals surface area contributed by atoms with E-state index in [-0.39, 0.29) is 36.6 Å². The number of ketones is 1. The van der Waals surface area contributed by atoms with E-state index >= 15 is 0 Å². The molecule has 0 spiro atoms. The maximum Gasteiger partial charge on any atom is 0.197 e. The van der Waals surface area contributed by atoms with Gasteiger partial charge in [0.05, 0.1) is 12.7 Å². The highest BCUT2D eigenvalue weighted by atomic mass is 35.5. The number of halogens is 2. The molecule has 25 heavy (non-hydrogen) atoms. The topological polar surface area (TPSA) is 65.2 Å². The van der Waals surface area contributed by atoms with Crippen molar-refractivity contribution in [2.75, 3.05) is 7.11 Å². The van der Waals surface area contributed by atoms with Crippen LogP contribution in [0.15, 0.2) is 54.9 Å². The predicted molar refractivity (Wildman–Crippen MR) is 105 cm³/mol. The molecule has 3 rings (SSSR count).